The van der Waals surface area contributed by atoms with Gasteiger partial charge in [-0.1, -0.05) is 71.6 Å². The maximum absolute atomic E-state index is 11.5. The second-order valence-electron chi connectivity index (χ2n) is 5.67. The number of hydrogen-bond acceptors (Lipinski definition) is 2. The lowest BCUT2D eigenvalue weighted by atomic mass is 10.1. The van der Waals surface area contributed by atoms with E-state index in [1.165, 1.54) is 51.4 Å². The normalized spacial score (nSPS) is 12.4. The fraction of sp³-hybridized carbons (Fsp3) is 0.941. The summed E-state index contributed by atoms with van der Waals surface area (Å²) in [6, 6.07) is 0. The quantitative estimate of drug-likeness (QED) is 0.320. The monoisotopic (exact) mass is 270 g/mol. The van der Waals surface area contributed by atoms with Crippen molar-refractivity contribution in [3.8, 4) is 0 Å². The second kappa shape index (κ2) is 13.9. The van der Waals surface area contributed by atoms with Crippen molar-refractivity contribution in [2.75, 3.05) is 0 Å². The summed E-state index contributed by atoms with van der Waals surface area (Å²) in [6.07, 6.45) is 14.3. The zero-order valence-electron chi connectivity index (χ0n) is 13.4. The van der Waals surface area contributed by atoms with E-state index in [-0.39, 0.29) is 12.1 Å². The van der Waals surface area contributed by atoms with Crippen LogP contribution in [0.1, 0.15) is 97.8 Å². The Hall–Kier alpha value is -0.530. The highest BCUT2D eigenvalue weighted by atomic mass is 16.5. The molecule has 0 rings (SSSR count). The summed E-state index contributed by atoms with van der Waals surface area (Å²) in [4.78, 5) is 11.5. The molecule has 0 fully saturated rings. The Labute approximate surface area is 120 Å². The minimum absolute atomic E-state index is 0.0103. The molecule has 0 aliphatic carbocycles. The molecule has 0 heterocycles. The summed E-state index contributed by atoms with van der Waals surface area (Å²) in [5, 5.41) is 0. The van der Waals surface area contributed by atoms with Crippen LogP contribution in [0.3, 0.4) is 0 Å². The molecular weight excluding hydrogens is 236 g/mol. The van der Waals surface area contributed by atoms with Gasteiger partial charge >= 0.3 is 5.97 Å². The standard InChI is InChI=1S/C17H34O2/c1-4-6-7-8-9-10-11-12-13-15-17(18)19-16(3)14-5-2/h16H,4-15H2,1-3H3. The van der Waals surface area contributed by atoms with E-state index in [1.807, 2.05) is 6.92 Å². The van der Waals surface area contributed by atoms with Crippen LogP contribution in [0.15, 0.2) is 0 Å². The van der Waals surface area contributed by atoms with Crippen molar-refractivity contribution < 1.29 is 9.53 Å². The predicted molar refractivity (Wildman–Crippen MR) is 82.3 cm³/mol. The van der Waals surface area contributed by atoms with Crippen LogP contribution < -0.4 is 0 Å². The van der Waals surface area contributed by atoms with Crippen LogP contribution in [0.4, 0.5) is 0 Å². The smallest absolute Gasteiger partial charge is 0.306 e. The molecule has 1 atom stereocenters. The number of hydrogen-bond donors (Lipinski definition) is 0. The molecule has 19 heavy (non-hydrogen) atoms. The van der Waals surface area contributed by atoms with Crippen LogP contribution in [0, 0.1) is 0 Å². The predicted octanol–water partition coefficient (Wildman–Crippen LogP) is 5.64. The third-order valence-corrected chi connectivity index (χ3v) is 3.51. The highest BCUT2D eigenvalue weighted by Gasteiger charge is 2.07. The number of unbranched alkanes of at least 4 members (excludes halogenated alkanes) is 8. The van der Waals surface area contributed by atoms with Gasteiger partial charge in [0, 0.05) is 6.42 Å². The zero-order valence-corrected chi connectivity index (χ0v) is 13.4. The first-order chi connectivity index (χ1) is 9.20. The molecule has 2 nitrogen and oxygen atoms in total. The van der Waals surface area contributed by atoms with Gasteiger partial charge in [0.15, 0.2) is 0 Å². The molecule has 0 saturated heterocycles. The minimum atomic E-state index is -0.0103. The van der Waals surface area contributed by atoms with Gasteiger partial charge in [0.1, 0.15) is 0 Å². The molecular formula is C17H34O2. The molecule has 0 aromatic rings. The van der Waals surface area contributed by atoms with E-state index >= 15 is 0 Å². The first-order valence-electron chi connectivity index (χ1n) is 8.40. The van der Waals surface area contributed by atoms with Crippen molar-refractivity contribution in [1.29, 1.82) is 0 Å². The van der Waals surface area contributed by atoms with Crippen LogP contribution in [-0.4, -0.2) is 12.1 Å². The van der Waals surface area contributed by atoms with Crippen LogP contribution >= 0.6 is 0 Å². The van der Waals surface area contributed by atoms with Gasteiger partial charge < -0.3 is 4.74 Å². The fourth-order valence-corrected chi connectivity index (χ4v) is 2.33. The van der Waals surface area contributed by atoms with Crippen LogP contribution in [-0.2, 0) is 9.53 Å². The molecule has 0 aromatic heterocycles. The second-order valence-corrected chi connectivity index (χ2v) is 5.67. The molecule has 0 spiro atoms. The van der Waals surface area contributed by atoms with Gasteiger partial charge in [0.05, 0.1) is 6.10 Å². The van der Waals surface area contributed by atoms with E-state index in [4.69, 9.17) is 4.74 Å². The van der Waals surface area contributed by atoms with E-state index in [2.05, 4.69) is 13.8 Å². The Morgan fingerprint density at radius 3 is 1.89 bits per heavy atom. The molecule has 0 N–H and O–H groups in total. The van der Waals surface area contributed by atoms with Gasteiger partial charge in [0.2, 0.25) is 0 Å². The molecule has 2 heteroatoms. The average Bonchev–Trinajstić information content (AvgIpc) is 2.37. The number of rotatable bonds is 13. The van der Waals surface area contributed by atoms with Gasteiger partial charge in [-0.05, 0) is 19.8 Å². The highest BCUT2D eigenvalue weighted by Crippen LogP contribution is 2.11. The van der Waals surface area contributed by atoms with Crippen LogP contribution in [0.2, 0.25) is 0 Å². The van der Waals surface area contributed by atoms with Gasteiger partial charge in [0.25, 0.3) is 0 Å². The van der Waals surface area contributed by atoms with Crippen LogP contribution in [0.25, 0.3) is 0 Å². The van der Waals surface area contributed by atoms with Crippen LogP contribution in [0.5, 0.6) is 0 Å². The van der Waals surface area contributed by atoms with Gasteiger partial charge in [-0.3, -0.25) is 4.79 Å². The number of carbonyl (C=O) groups is 1. The largest absolute Gasteiger partial charge is 0.463 e. The Balaban J connectivity index is 3.23. The highest BCUT2D eigenvalue weighted by molar-refractivity contribution is 5.69. The van der Waals surface area contributed by atoms with Crippen molar-refractivity contribution in [1.82, 2.24) is 0 Å². The third-order valence-electron chi connectivity index (χ3n) is 3.51. The van der Waals surface area contributed by atoms with E-state index in [1.54, 1.807) is 0 Å². The maximum atomic E-state index is 11.5. The Bertz CT molecular complexity index is 201. The molecule has 1 unspecified atom stereocenters. The lowest BCUT2D eigenvalue weighted by Gasteiger charge is -2.11. The number of esters is 1. The minimum Gasteiger partial charge on any atom is -0.463 e. The first kappa shape index (κ1) is 18.5. The first-order valence-corrected chi connectivity index (χ1v) is 8.40. The summed E-state index contributed by atoms with van der Waals surface area (Å²) in [7, 11) is 0. The van der Waals surface area contributed by atoms with E-state index in [0.29, 0.717) is 6.42 Å². The van der Waals surface area contributed by atoms with Gasteiger partial charge in [-0.15, -0.1) is 0 Å². The molecule has 0 aliphatic rings. The van der Waals surface area contributed by atoms with Crippen molar-refractivity contribution in [2.45, 2.75) is 104 Å². The summed E-state index contributed by atoms with van der Waals surface area (Å²) in [5.74, 6) is -0.0103. The van der Waals surface area contributed by atoms with Crippen molar-refractivity contribution in [3.63, 3.8) is 0 Å². The molecule has 0 aliphatic heterocycles. The molecule has 0 saturated carbocycles. The van der Waals surface area contributed by atoms with E-state index in [9.17, 15) is 4.79 Å². The Morgan fingerprint density at radius 2 is 1.37 bits per heavy atom. The van der Waals surface area contributed by atoms with Crippen molar-refractivity contribution in [3.05, 3.63) is 0 Å². The third kappa shape index (κ3) is 13.7. The number of carbonyl (C=O) groups excluding carboxylic acids is 1. The van der Waals surface area contributed by atoms with E-state index in [0.717, 1.165) is 19.3 Å². The molecule has 0 bridgehead atoms. The zero-order chi connectivity index (χ0) is 14.3. The lowest BCUT2D eigenvalue weighted by molar-refractivity contribution is -0.148. The SMILES string of the molecule is CCCCCCCCCCCC(=O)OC(C)CCC. The molecule has 0 radical (unpaired) electrons. The molecule has 0 amide bonds. The van der Waals surface area contributed by atoms with Crippen molar-refractivity contribution in [2.24, 2.45) is 0 Å². The topological polar surface area (TPSA) is 26.3 Å². The maximum Gasteiger partial charge on any atom is 0.306 e. The Kier molecular flexibility index (Phi) is 13.5. The number of ether oxygens (including phenoxy) is 1. The van der Waals surface area contributed by atoms with Crippen molar-refractivity contribution >= 4 is 5.97 Å². The van der Waals surface area contributed by atoms with E-state index < -0.39 is 0 Å². The summed E-state index contributed by atoms with van der Waals surface area (Å²) in [6.45, 7) is 6.35. The van der Waals surface area contributed by atoms with Gasteiger partial charge in [-0.25, -0.2) is 0 Å². The fourth-order valence-electron chi connectivity index (χ4n) is 2.33. The lowest BCUT2D eigenvalue weighted by Crippen LogP contribution is -2.14. The summed E-state index contributed by atoms with van der Waals surface area (Å²) in [5.41, 5.74) is 0. The average molecular weight is 270 g/mol. The van der Waals surface area contributed by atoms with Gasteiger partial charge in [-0.2, -0.15) is 0 Å². The molecule has 114 valence electrons. The Morgan fingerprint density at radius 1 is 0.842 bits per heavy atom. The summed E-state index contributed by atoms with van der Waals surface area (Å²) >= 11 is 0. The molecule has 0 aromatic carbocycles. The summed E-state index contributed by atoms with van der Waals surface area (Å²) < 4.78 is 5.32.